The molecule has 15 rings (SSSR count). The summed E-state index contributed by atoms with van der Waals surface area (Å²) in [5.41, 5.74) is 25.4. The number of benzene rings is 7. The molecule has 129 heavy (non-hydrogen) atoms. The molecule has 666 valence electrons. The summed E-state index contributed by atoms with van der Waals surface area (Å²) < 4.78 is 137. The predicted molar refractivity (Wildman–Crippen MR) is 485 cm³/mol. The minimum absolute atomic E-state index is 0.0652. The molecule has 3 aliphatic heterocycles. The highest BCUT2D eigenvalue weighted by atomic mass is 19.4. The van der Waals surface area contributed by atoms with Crippen LogP contribution in [-0.4, -0.2) is 186 Å². The third-order valence-electron chi connectivity index (χ3n) is 22.9. The Bertz CT molecular complexity index is 6460. The highest BCUT2D eigenvalue weighted by Gasteiger charge is 2.38. The van der Waals surface area contributed by atoms with Crippen molar-refractivity contribution in [2.45, 2.75) is 72.8 Å². The number of nitrogen functional groups attached to an aromatic ring is 3. The van der Waals surface area contributed by atoms with Crippen molar-refractivity contribution in [1.29, 1.82) is 0 Å². The molecule has 12 aromatic rings. The number of nitrogens with two attached hydrogens (primary N) is 3. The quantitative estimate of drug-likeness (QED) is 0.0436. The number of likely N-dealkylation sites (N-methyl/N-ethyl adjacent to an activating group) is 3. The first-order chi connectivity index (χ1) is 61.4. The number of hydrogen-bond donors (Lipinski definition) is 6. The maximum atomic E-state index is 14.0. The van der Waals surface area contributed by atoms with Crippen LogP contribution in [0, 0.1) is 70.1 Å². The lowest BCUT2D eigenvalue weighted by atomic mass is 9.99. The van der Waals surface area contributed by atoms with Crippen LogP contribution < -0.4 is 42.6 Å². The Labute approximate surface area is 741 Å². The van der Waals surface area contributed by atoms with Crippen molar-refractivity contribution >= 4 is 84.7 Å². The number of halogens is 9. The van der Waals surface area contributed by atoms with Gasteiger partial charge in [-0.1, -0.05) is 77.5 Å². The molecule has 7 aromatic carbocycles. The van der Waals surface area contributed by atoms with E-state index < -0.39 is 52.9 Å². The lowest BCUT2D eigenvalue weighted by Crippen LogP contribution is -2.44. The molecule has 0 saturated carbocycles. The average Bonchev–Trinajstić information content (AvgIpc) is 0.752. The summed E-state index contributed by atoms with van der Waals surface area (Å²) in [4.78, 5) is 72.8. The normalized spacial score (nSPS) is 14.3. The number of carbonyl (C=O) groups excluding carboxylic acids is 3. The van der Waals surface area contributed by atoms with Crippen molar-refractivity contribution < 1.29 is 63.4 Å². The van der Waals surface area contributed by atoms with Crippen LogP contribution in [0.4, 0.5) is 74.2 Å². The van der Waals surface area contributed by atoms with Gasteiger partial charge in [0.05, 0.1) is 47.6 Å². The molecular weight excluding hydrogens is 1670 g/mol. The van der Waals surface area contributed by atoms with Gasteiger partial charge in [0.1, 0.15) is 34.8 Å². The van der Waals surface area contributed by atoms with E-state index in [4.69, 9.17) is 26.7 Å². The highest BCUT2D eigenvalue weighted by molar-refractivity contribution is 6.06. The van der Waals surface area contributed by atoms with Crippen molar-refractivity contribution in [3.63, 3.8) is 0 Å². The SMILES string of the molecule is COc1cc(OC)c2cnc(N)c(C#Cc3cc(C(=O)Nc4cc(C(F)(F)F)c(CN5CCN(C)CC5)cn4)ccc3C)c2c1.Cc1cc(C)c2cnc(N)c(C#Cc3cc(C(=O)Nc4ccc(CN5CCN(C)CC5)c(C(F)(F)F)c4)ccc3C)c2c1.Cc1ccc(C(=O)Nc2ccc(CN3CCN(C)CC3)c(C(F)(F)F)c2)cc1C#Cc1c(N)ncc2cnccc12. The summed E-state index contributed by atoms with van der Waals surface area (Å²) in [6.45, 7) is 19.0. The number of fused-ring (bicyclic) bond motifs is 3. The number of pyridine rings is 5. The third kappa shape index (κ3) is 23.2. The summed E-state index contributed by atoms with van der Waals surface area (Å²) in [5, 5.41) is 12.6. The number of nitrogens with one attached hydrogen (secondary N) is 3. The van der Waals surface area contributed by atoms with Gasteiger partial charge in [0.2, 0.25) is 0 Å². The number of ether oxygens (including phenoxy) is 2. The van der Waals surface area contributed by atoms with Gasteiger partial charge in [-0.25, -0.2) is 19.9 Å². The number of carbonyl (C=O) groups is 3. The minimum atomic E-state index is -4.61. The fourth-order valence-electron chi connectivity index (χ4n) is 15.2. The first kappa shape index (κ1) is 92.9. The van der Waals surface area contributed by atoms with E-state index in [0.717, 1.165) is 107 Å². The molecule has 8 heterocycles. The molecule has 0 bridgehead atoms. The monoisotopic (exact) mass is 1760 g/mol. The van der Waals surface area contributed by atoms with E-state index in [-0.39, 0.29) is 81.8 Å². The van der Waals surface area contributed by atoms with E-state index >= 15 is 0 Å². The smallest absolute Gasteiger partial charge is 0.416 e. The topological polar surface area (TPSA) is 268 Å². The summed E-state index contributed by atoms with van der Waals surface area (Å²) >= 11 is 0. The van der Waals surface area contributed by atoms with Crippen LogP contribution in [0.3, 0.4) is 0 Å². The molecule has 22 nitrogen and oxygen atoms in total. The summed E-state index contributed by atoms with van der Waals surface area (Å²) in [7, 11) is 9.06. The van der Waals surface area contributed by atoms with Gasteiger partial charge < -0.3 is 57.3 Å². The van der Waals surface area contributed by atoms with Crippen LogP contribution in [0.15, 0.2) is 165 Å². The third-order valence-corrected chi connectivity index (χ3v) is 22.9. The van der Waals surface area contributed by atoms with E-state index in [1.807, 2.05) is 76.5 Å². The first-order valence-electron chi connectivity index (χ1n) is 41.4. The zero-order valence-electron chi connectivity index (χ0n) is 72.8. The Hall–Kier alpha value is -13.7. The van der Waals surface area contributed by atoms with Gasteiger partial charge >= 0.3 is 18.5 Å². The molecule has 3 amide bonds. The zero-order chi connectivity index (χ0) is 92.3. The number of amides is 3. The van der Waals surface area contributed by atoms with Gasteiger partial charge in [-0.15, -0.1) is 0 Å². The molecule has 9 N–H and O–H groups in total. The lowest BCUT2D eigenvalue weighted by molar-refractivity contribution is -0.139. The molecule has 0 atom stereocenters. The Balaban J connectivity index is 0.000000165. The number of aryl methyl sites for hydroxylation is 5. The van der Waals surface area contributed by atoms with E-state index in [1.165, 1.54) is 37.6 Å². The molecule has 3 fully saturated rings. The predicted octanol–water partition coefficient (Wildman–Crippen LogP) is 16.1. The summed E-state index contributed by atoms with van der Waals surface area (Å²) in [6.07, 6.45) is -4.24. The number of alkyl halides is 9. The van der Waals surface area contributed by atoms with Crippen LogP contribution in [0.5, 0.6) is 11.5 Å². The maximum Gasteiger partial charge on any atom is 0.416 e. The molecule has 0 spiro atoms. The van der Waals surface area contributed by atoms with Gasteiger partial charge in [-0.05, 0) is 180 Å². The van der Waals surface area contributed by atoms with Crippen LogP contribution in [-0.2, 0) is 38.2 Å². The Morgan fingerprint density at radius 1 is 0.388 bits per heavy atom. The maximum absolute atomic E-state index is 14.0. The van der Waals surface area contributed by atoms with Crippen molar-refractivity contribution in [2.24, 2.45) is 0 Å². The van der Waals surface area contributed by atoms with Crippen molar-refractivity contribution in [1.82, 2.24) is 54.3 Å². The Morgan fingerprint density at radius 2 is 0.791 bits per heavy atom. The van der Waals surface area contributed by atoms with Crippen LogP contribution in [0.25, 0.3) is 32.3 Å². The van der Waals surface area contributed by atoms with Crippen molar-refractivity contribution in [3.8, 4) is 47.0 Å². The van der Waals surface area contributed by atoms with Gasteiger partial charge in [0, 0.05) is 218 Å². The minimum Gasteiger partial charge on any atom is -0.497 e. The molecule has 0 radical (unpaired) electrons. The number of aromatic nitrogens is 5. The first-order valence-corrected chi connectivity index (χ1v) is 41.4. The largest absolute Gasteiger partial charge is 0.497 e. The van der Waals surface area contributed by atoms with Gasteiger partial charge in [-0.3, -0.25) is 34.1 Å². The number of rotatable bonds is 14. The highest BCUT2D eigenvalue weighted by Crippen LogP contribution is 2.40. The number of nitrogens with zero attached hydrogens (tertiary/aromatic N) is 11. The van der Waals surface area contributed by atoms with Gasteiger partial charge in [0.25, 0.3) is 17.7 Å². The van der Waals surface area contributed by atoms with Crippen LogP contribution >= 0.6 is 0 Å². The van der Waals surface area contributed by atoms with E-state index in [0.29, 0.717) is 101 Å². The fraction of sp³-hybridized carbons (Fsp3) is 0.286. The van der Waals surface area contributed by atoms with Gasteiger partial charge in [-0.2, -0.15) is 39.5 Å². The van der Waals surface area contributed by atoms with Crippen LogP contribution in [0.2, 0.25) is 0 Å². The second-order valence-electron chi connectivity index (χ2n) is 32.3. The second kappa shape index (κ2) is 40.1. The molecular formula is C98H96F9N17O5. The number of piperazine rings is 3. The fourth-order valence-corrected chi connectivity index (χ4v) is 15.2. The van der Waals surface area contributed by atoms with E-state index in [2.05, 4.69) is 97.2 Å². The summed E-state index contributed by atoms with van der Waals surface area (Å²) in [5.74, 6) is 18.6. The standard InChI is InChI=1S/C34H34F3N5O.C33H33F3N6O3.C31H29F3N6O/c1-21-15-23(3)30-19-39-32(38)28(29(30)16-21)10-8-24-17-25(6-5-22(24)2)33(43)40-27-9-7-26(31(18-27)34(35,36)37)20-42-13-11-41(4)12-14-42;1-20-5-6-22(13-21(20)7-8-25-26-14-24(44-3)15-29(45-4)27(26)18-39-31(25)37)32(43)40-30-16-28(33(34,35)36)23(17-38-30)19-42-11-9-41(2)10-12-42;1-20-3-4-22(15-21(20)6-8-27-26-9-10-36-17-24(26)18-37-29(27)35)30(41)38-25-7-5-23(28(16-25)31(32,33)34)19-40-13-11-39(2)12-14-40/h5-7,9,15-19H,11-14,20H2,1-4H3,(H2,38,39)(H,40,43);5-6,13-18H,9-12,19H2,1-4H3,(H2,37,39)(H,38,40,43);3-5,7,9-10,15-18H,11-14,19H2,1-2H3,(H2,35,37)(H,38,41). The average molecular weight is 1760 g/mol. The second-order valence-corrected chi connectivity index (χ2v) is 32.3. The lowest BCUT2D eigenvalue weighted by Gasteiger charge is -2.33. The number of hydrogen-bond acceptors (Lipinski definition) is 19. The number of anilines is 6. The molecule has 0 aliphatic carbocycles. The zero-order valence-corrected chi connectivity index (χ0v) is 72.8. The van der Waals surface area contributed by atoms with E-state index in [1.54, 1.807) is 111 Å². The van der Waals surface area contributed by atoms with E-state index in [9.17, 15) is 53.9 Å². The molecule has 3 aliphatic rings. The van der Waals surface area contributed by atoms with Crippen LogP contribution in [0.1, 0.15) is 126 Å². The molecule has 3 saturated heterocycles. The van der Waals surface area contributed by atoms with Gasteiger partial charge in [0.15, 0.2) is 0 Å². The Kier molecular flexibility index (Phi) is 28.9. The summed E-state index contributed by atoms with van der Waals surface area (Å²) in [6, 6.07) is 33.1. The molecule has 31 heteroatoms. The van der Waals surface area contributed by atoms with Crippen molar-refractivity contribution in [2.75, 3.05) is 147 Å². The van der Waals surface area contributed by atoms with Crippen molar-refractivity contribution in [3.05, 3.63) is 276 Å². The molecule has 0 unspecified atom stereocenters. The number of methoxy groups -OCH3 is 2. The Morgan fingerprint density at radius 3 is 1.22 bits per heavy atom. The molecule has 5 aromatic heterocycles.